The molecule has 1 nitrogen and oxygen atoms in total. The van der Waals surface area contributed by atoms with Crippen LogP contribution in [0.4, 0.5) is 0 Å². The molecule has 1 aliphatic rings. The molecule has 0 saturated heterocycles. The van der Waals surface area contributed by atoms with Gasteiger partial charge in [0.25, 0.3) is 0 Å². The van der Waals surface area contributed by atoms with E-state index in [1.165, 1.54) is 44.9 Å². The van der Waals surface area contributed by atoms with Crippen LogP contribution in [0.2, 0.25) is 0 Å². The Kier molecular flexibility index (Phi) is 5.79. The van der Waals surface area contributed by atoms with Gasteiger partial charge >= 0.3 is 0 Å². The van der Waals surface area contributed by atoms with Crippen LogP contribution in [0.15, 0.2) is 0 Å². The summed E-state index contributed by atoms with van der Waals surface area (Å²) in [6, 6.07) is 0.899. The molecule has 0 aromatic rings. The van der Waals surface area contributed by atoms with Gasteiger partial charge in [0.1, 0.15) is 0 Å². The minimum atomic E-state index is 0.234. The number of hydrogen-bond acceptors (Lipinski definition) is 1. The Hall–Kier alpha value is -0.480. The smallest absolute Gasteiger partial charge is 0.0660 e. The van der Waals surface area contributed by atoms with Gasteiger partial charge in [0, 0.05) is 6.04 Å². The largest absolute Gasteiger partial charge is 0.301 e. The van der Waals surface area contributed by atoms with E-state index in [9.17, 15) is 0 Å². The van der Waals surface area contributed by atoms with Crippen molar-refractivity contribution in [2.75, 3.05) is 0 Å². The van der Waals surface area contributed by atoms with Crippen molar-refractivity contribution in [1.29, 1.82) is 0 Å². The minimum absolute atomic E-state index is 0.234. The lowest BCUT2D eigenvalue weighted by molar-refractivity contribution is 0.406. The number of terminal acetylenes is 1. The highest BCUT2D eigenvalue weighted by Crippen LogP contribution is 2.26. The van der Waals surface area contributed by atoms with Crippen LogP contribution >= 0.6 is 0 Å². The molecule has 3 unspecified atom stereocenters. The zero-order valence-corrected chi connectivity index (χ0v) is 10.3. The third kappa shape index (κ3) is 4.71. The molecular weight excluding hydrogens is 182 g/mol. The lowest BCUT2D eigenvalue weighted by atomic mass is 9.95. The monoisotopic (exact) mass is 207 g/mol. The summed E-state index contributed by atoms with van der Waals surface area (Å²) in [5.41, 5.74) is 0. The van der Waals surface area contributed by atoms with E-state index in [0.29, 0.717) is 6.04 Å². The molecule has 15 heavy (non-hydrogen) atoms. The van der Waals surface area contributed by atoms with Crippen LogP contribution in [0.25, 0.3) is 0 Å². The van der Waals surface area contributed by atoms with Crippen LogP contribution in [-0.2, 0) is 0 Å². The summed E-state index contributed by atoms with van der Waals surface area (Å²) in [6.45, 7) is 4.37. The second-order valence-electron chi connectivity index (χ2n) is 4.91. The van der Waals surface area contributed by atoms with Crippen molar-refractivity contribution in [2.24, 2.45) is 5.92 Å². The van der Waals surface area contributed by atoms with Gasteiger partial charge in [0.2, 0.25) is 0 Å². The lowest BCUT2D eigenvalue weighted by Crippen LogP contribution is -2.35. The van der Waals surface area contributed by atoms with E-state index in [1.807, 2.05) is 0 Å². The Labute approximate surface area is 95.0 Å². The molecule has 86 valence electrons. The minimum Gasteiger partial charge on any atom is -0.301 e. The van der Waals surface area contributed by atoms with E-state index in [4.69, 9.17) is 6.42 Å². The van der Waals surface area contributed by atoms with Crippen molar-refractivity contribution in [3.05, 3.63) is 0 Å². The first-order valence-electron chi connectivity index (χ1n) is 6.48. The van der Waals surface area contributed by atoms with Gasteiger partial charge in [-0.25, -0.2) is 0 Å². The SMILES string of the molecule is C#CC(C)NC1CCCC(CCC)CC1. The van der Waals surface area contributed by atoms with Crippen molar-refractivity contribution >= 4 is 0 Å². The maximum absolute atomic E-state index is 5.39. The summed E-state index contributed by atoms with van der Waals surface area (Å²) in [4.78, 5) is 0. The van der Waals surface area contributed by atoms with Crippen LogP contribution < -0.4 is 5.32 Å². The van der Waals surface area contributed by atoms with Gasteiger partial charge in [-0.1, -0.05) is 38.5 Å². The molecule has 0 spiro atoms. The predicted octanol–water partition coefficient (Wildman–Crippen LogP) is 3.35. The normalized spacial score (nSPS) is 29.1. The highest BCUT2D eigenvalue weighted by atomic mass is 14.9. The summed E-state index contributed by atoms with van der Waals surface area (Å²) in [7, 11) is 0. The number of hydrogen-bond donors (Lipinski definition) is 1. The molecule has 0 radical (unpaired) electrons. The van der Waals surface area contributed by atoms with Crippen molar-refractivity contribution < 1.29 is 0 Å². The van der Waals surface area contributed by atoms with E-state index >= 15 is 0 Å². The van der Waals surface area contributed by atoms with E-state index in [0.717, 1.165) is 5.92 Å². The van der Waals surface area contributed by atoms with Crippen LogP contribution in [0.5, 0.6) is 0 Å². The zero-order valence-electron chi connectivity index (χ0n) is 10.3. The van der Waals surface area contributed by atoms with Crippen LogP contribution in [0.3, 0.4) is 0 Å². The quantitative estimate of drug-likeness (QED) is 0.550. The molecule has 3 atom stereocenters. The summed E-state index contributed by atoms with van der Waals surface area (Å²) in [6.07, 6.45) is 15.0. The average Bonchev–Trinajstić information content (AvgIpc) is 2.45. The molecule has 0 bridgehead atoms. The van der Waals surface area contributed by atoms with E-state index < -0.39 is 0 Å². The van der Waals surface area contributed by atoms with Crippen molar-refractivity contribution in [3.63, 3.8) is 0 Å². The molecule has 0 aromatic heterocycles. The van der Waals surface area contributed by atoms with Gasteiger partial charge in [0.15, 0.2) is 0 Å². The Bertz CT molecular complexity index is 204. The molecule has 0 amide bonds. The zero-order chi connectivity index (χ0) is 11.1. The molecule has 1 heteroatoms. The van der Waals surface area contributed by atoms with Crippen LogP contribution in [0, 0.1) is 18.3 Å². The first-order valence-corrected chi connectivity index (χ1v) is 6.48. The molecule has 1 fully saturated rings. The highest BCUT2D eigenvalue weighted by molar-refractivity contribution is 4.97. The van der Waals surface area contributed by atoms with Crippen LogP contribution in [-0.4, -0.2) is 12.1 Å². The summed E-state index contributed by atoms with van der Waals surface area (Å²) < 4.78 is 0. The third-order valence-corrected chi connectivity index (χ3v) is 3.52. The van der Waals surface area contributed by atoms with Gasteiger partial charge in [-0.15, -0.1) is 6.42 Å². The van der Waals surface area contributed by atoms with Gasteiger partial charge in [-0.05, 0) is 32.1 Å². The maximum atomic E-state index is 5.39. The summed E-state index contributed by atoms with van der Waals surface area (Å²) in [5, 5.41) is 3.54. The summed E-state index contributed by atoms with van der Waals surface area (Å²) in [5.74, 6) is 3.73. The fourth-order valence-corrected chi connectivity index (χ4v) is 2.64. The fraction of sp³-hybridized carbons (Fsp3) is 0.857. The molecule has 0 aliphatic heterocycles. The molecular formula is C14H25N. The van der Waals surface area contributed by atoms with Gasteiger partial charge in [-0.3, -0.25) is 0 Å². The number of rotatable bonds is 4. The Morgan fingerprint density at radius 3 is 2.80 bits per heavy atom. The van der Waals surface area contributed by atoms with Crippen molar-refractivity contribution in [2.45, 2.75) is 70.9 Å². The van der Waals surface area contributed by atoms with Crippen molar-refractivity contribution in [3.8, 4) is 12.3 Å². The van der Waals surface area contributed by atoms with Gasteiger partial charge < -0.3 is 5.32 Å². The molecule has 0 heterocycles. The third-order valence-electron chi connectivity index (χ3n) is 3.52. The van der Waals surface area contributed by atoms with Gasteiger partial charge in [-0.2, -0.15) is 0 Å². The predicted molar refractivity (Wildman–Crippen MR) is 66.7 cm³/mol. The molecule has 1 N–H and O–H groups in total. The van der Waals surface area contributed by atoms with E-state index in [2.05, 4.69) is 25.1 Å². The second-order valence-corrected chi connectivity index (χ2v) is 4.91. The lowest BCUT2D eigenvalue weighted by Gasteiger charge is -2.18. The molecule has 1 aliphatic carbocycles. The first kappa shape index (κ1) is 12.6. The standard InChI is InChI=1S/C14H25N/c1-4-7-13-8-6-9-14(11-10-13)15-12(3)5-2/h2,12-15H,4,6-11H2,1,3H3. The van der Waals surface area contributed by atoms with Gasteiger partial charge in [0.05, 0.1) is 6.04 Å². The van der Waals surface area contributed by atoms with Crippen LogP contribution in [0.1, 0.15) is 58.8 Å². The molecule has 1 rings (SSSR count). The average molecular weight is 207 g/mol. The molecule has 0 aromatic carbocycles. The molecule has 1 saturated carbocycles. The second kappa shape index (κ2) is 6.90. The topological polar surface area (TPSA) is 12.0 Å². The fourth-order valence-electron chi connectivity index (χ4n) is 2.64. The first-order chi connectivity index (χ1) is 7.26. The van der Waals surface area contributed by atoms with Crippen molar-refractivity contribution in [1.82, 2.24) is 5.32 Å². The Balaban J connectivity index is 2.29. The maximum Gasteiger partial charge on any atom is 0.0660 e. The Morgan fingerprint density at radius 1 is 1.33 bits per heavy atom. The summed E-state index contributed by atoms with van der Waals surface area (Å²) >= 11 is 0. The highest BCUT2D eigenvalue weighted by Gasteiger charge is 2.18. The number of nitrogens with one attached hydrogen (secondary N) is 1. The van der Waals surface area contributed by atoms with E-state index in [-0.39, 0.29) is 6.04 Å². The van der Waals surface area contributed by atoms with E-state index in [1.54, 1.807) is 0 Å². The Morgan fingerprint density at radius 2 is 2.13 bits per heavy atom.